The number of aromatic amines is 1. The molecular weight excluding hydrogens is 445 g/mol. The molecule has 0 fully saturated rings. The maximum Gasteiger partial charge on any atom is 0.181 e. The monoisotopic (exact) mass is 467 g/mol. The van der Waals surface area contributed by atoms with Gasteiger partial charge in [0.05, 0.1) is 5.69 Å². The van der Waals surface area contributed by atoms with Crippen molar-refractivity contribution in [2.24, 2.45) is 0 Å². The molecule has 32 heavy (non-hydrogen) atoms. The Bertz CT molecular complexity index is 1190. The van der Waals surface area contributed by atoms with Crippen LogP contribution in [0.25, 0.3) is 11.3 Å². The highest BCUT2D eigenvalue weighted by atomic mass is 35.5. The number of nitrogens with one attached hydrogen (secondary N) is 2. The smallest absolute Gasteiger partial charge is 0.181 e. The lowest BCUT2D eigenvalue weighted by Gasteiger charge is -2.13. The maximum atomic E-state index is 6.28. The highest BCUT2D eigenvalue weighted by molar-refractivity contribution is 6.35. The van der Waals surface area contributed by atoms with E-state index in [-0.39, 0.29) is 5.92 Å². The lowest BCUT2D eigenvalue weighted by Crippen LogP contribution is -2.08. The Hall–Kier alpha value is -3.03. The molecule has 1 unspecified atom stereocenters. The molecule has 0 spiro atoms. The SMILES string of the molecule is CCC(c1cccc(-c2cc(NCCc3ccc(Cl)cc3Cl)nc(C)n2)c1)c1nn[nH]n1. The van der Waals surface area contributed by atoms with Crippen molar-refractivity contribution in [1.82, 2.24) is 30.6 Å². The van der Waals surface area contributed by atoms with E-state index in [9.17, 15) is 0 Å². The van der Waals surface area contributed by atoms with Crippen molar-refractivity contribution in [2.45, 2.75) is 32.6 Å². The van der Waals surface area contributed by atoms with Gasteiger partial charge in [0.2, 0.25) is 0 Å². The van der Waals surface area contributed by atoms with Gasteiger partial charge in [-0.2, -0.15) is 5.21 Å². The first-order chi connectivity index (χ1) is 15.5. The zero-order valence-corrected chi connectivity index (χ0v) is 19.3. The molecule has 2 heterocycles. The van der Waals surface area contributed by atoms with Crippen molar-refractivity contribution in [1.29, 1.82) is 0 Å². The number of rotatable bonds is 8. The number of halogens is 2. The predicted molar refractivity (Wildman–Crippen MR) is 127 cm³/mol. The lowest BCUT2D eigenvalue weighted by molar-refractivity contribution is 0.719. The maximum absolute atomic E-state index is 6.28. The van der Waals surface area contributed by atoms with Gasteiger partial charge in [-0.1, -0.05) is 59.6 Å². The summed E-state index contributed by atoms with van der Waals surface area (Å²) in [5.74, 6) is 2.23. The standard InChI is InChI=1S/C23H23Cl2N7/c1-3-19(23-29-31-32-30-23)16-5-4-6-17(11-16)21-13-22(28-14(2)27-21)26-10-9-15-7-8-18(24)12-20(15)25/h4-8,11-13,19H,3,9-10H2,1-2H3,(H,26,27,28)(H,29,30,31,32). The molecular formula is C23H23Cl2N7. The van der Waals surface area contributed by atoms with E-state index >= 15 is 0 Å². The van der Waals surface area contributed by atoms with E-state index in [0.717, 1.165) is 41.0 Å². The summed E-state index contributed by atoms with van der Waals surface area (Å²) in [5.41, 5.74) is 4.02. The van der Waals surface area contributed by atoms with Gasteiger partial charge in [-0.15, -0.1) is 10.2 Å². The molecule has 0 radical (unpaired) electrons. The summed E-state index contributed by atoms with van der Waals surface area (Å²) in [6.45, 7) is 4.69. The van der Waals surface area contributed by atoms with Crippen molar-refractivity contribution < 1.29 is 0 Å². The number of aryl methyl sites for hydroxylation is 1. The molecule has 2 N–H and O–H groups in total. The third-order valence-electron chi connectivity index (χ3n) is 5.22. The number of anilines is 1. The second kappa shape index (κ2) is 10.1. The van der Waals surface area contributed by atoms with E-state index in [1.54, 1.807) is 6.07 Å². The van der Waals surface area contributed by atoms with Gasteiger partial charge in [0.25, 0.3) is 0 Å². The molecule has 2 aromatic carbocycles. The fourth-order valence-electron chi connectivity index (χ4n) is 3.66. The third-order valence-corrected chi connectivity index (χ3v) is 5.81. The largest absolute Gasteiger partial charge is 0.370 e. The number of hydrogen-bond donors (Lipinski definition) is 2. The predicted octanol–water partition coefficient (Wildman–Crippen LogP) is 5.47. The topological polar surface area (TPSA) is 92.3 Å². The van der Waals surface area contributed by atoms with Gasteiger partial charge in [0.15, 0.2) is 5.82 Å². The van der Waals surface area contributed by atoms with Crippen molar-refractivity contribution in [3.05, 3.63) is 81.4 Å². The van der Waals surface area contributed by atoms with Crippen LogP contribution in [-0.2, 0) is 6.42 Å². The zero-order valence-electron chi connectivity index (χ0n) is 17.8. The minimum atomic E-state index is 0.0679. The summed E-state index contributed by atoms with van der Waals surface area (Å²) in [6, 6.07) is 15.8. The average molecular weight is 468 g/mol. The minimum absolute atomic E-state index is 0.0679. The number of nitrogens with zero attached hydrogens (tertiary/aromatic N) is 5. The lowest BCUT2D eigenvalue weighted by atomic mass is 9.93. The van der Waals surface area contributed by atoms with Crippen molar-refractivity contribution in [3.63, 3.8) is 0 Å². The molecule has 0 aliphatic heterocycles. The molecule has 7 nitrogen and oxygen atoms in total. The van der Waals surface area contributed by atoms with Gasteiger partial charge in [0.1, 0.15) is 11.6 Å². The van der Waals surface area contributed by atoms with E-state index in [4.69, 9.17) is 23.2 Å². The highest BCUT2D eigenvalue weighted by Gasteiger charge is 2.17. The molecule has 0 aliphatic carbocycles. The Morgan fingerprint density at radius 1 is 1.06 bits per heavy atom. The van der Waals surface area contributed by atoms with Crippen molar-refractivity contribution in [2.75, 3.05) is 11.9 Å². The van der Waals surface area contributed by atoms with Gasteiger partial charge in [-0.25, -0.2) is 9.97 Å². The number of benzene rings is 2. The van der Waals surface area contributed by atoms with E-state index < -0.39 is 0 Å². The quantitative estimate of drug-likeness (QED) is 0.356. The molecule has 0 aliphatic rings. The Balaban J connectivity index is 1.52. The average Bonchev–Trinajstić information content (AvgIpc) is 3.30. The van der Waals surface area contributed by atoms with Gasteiger partial charge in [-0.3, -0.25) is 0 Å². The van der Waals surface area contributed by atoms with Gasteiger partial charge < -0.3 is 5.32 Å². The molecule has 4 aromatic rings. The summed E-state index contributed by atoms with van der Waals surface area (Å²) in [6.07, 6.45) is 1.62. The third kappa shape index (κ3) is 5.23. The van der Waals surface area contributed by atoms with E-state index in [1.807, 2.05) is 37.3 Å². The van der Waals surface area contributed by atoms with Crippen LogP contribution in [0.5, 0.6) is 0 Å². The summed E-state index contributed by atoms with van der Waals surface area (Å²) in [5, 5.41) is 19.3. The second-order valence-corrected chi connectivity index (χ2v) is 8.30. The first-order valence-corrected chi connectivity index (χ1v) is 11.2. The number of hydrogen-bond acceptors (Lipinski definition) is 6. The van der Waals surface area contributed by atoms with Crippen LogP contribution in [0.1, 0.15) is 42.0 Å². The minimum Gasteiger partial charge on any atom is -0.370 e. The summed E-state index contributed by atoms with van der Waals surface area (Å²) >= 11 is 12.3. The Morgan fingerprint density at radius 3 is 2.69 bits per heavy atom. The molecule has 9 heteroatoms. The van der Waals surface area contributed by atoms with Crippen LogP contribution >= 0.6 is 23.2 Å². The van der Waals surface area contributed by atoms with Crippen LogP contribution in [0.4, 0.5) is 5.82 Å². The normalized spacial score (nSPS) is 12.0. The van der Waals surface area contributed by atoms with Crippen molar-refractivity contribution in [3.8, 4) is 11.3 Å². The zero-order chi connectivity index (χ0) is 22.5. The van der Waals surface area contributed by atoms with Crippen LogP contribution in [0.2, 0.25) is 10.0 Å². The highest BCUT2D eigenvalue weighted by Crippen LogP contribution is 2.29. The summed E-state index contributed by atoms with van der Waals surface area (Å²) in [4.78, 5) is 9.18. The summed E-state index contributed by atoms with van der Waals surface area (Å²) < 4.78 is 0. The molecule has 164 valence electrons. The van der Waals surface area contributed by atoms with Gasteiger partial charge in [0, 0.05) is 34.1 Å². The fourth-order valence-corrected chi connectivity index (χ4v) is 4.16. The molecule has 0 saturated heterocycles. The van der Waals surface area contributed by atoms with Crippen molar-refractivity contribution >= 4 is 29.0 Å². The van der Waals surface area contributed by atoms with E-state index in [0.29, 0.717) is 28.2 Å². The Kier molecular flexibility index (Phi) is 6.97. The molecule has 4 rings (SSSR count). The molecule has 0 bridgehead atoms. The van der Waals surface area contributed by atoms with Crippen LogP contribution in [0.15, 0.2) is 48.5 Å². The first-order valence-electron chi connectivity index (χ1n) is 10.4. The second-order valence-electron chi connectivity index (χ2n) is 7.45. The molecule has 2 aromatic heterocycles. The Morgan fingerprint density at radius 2 is 1.94 bits per heavy atom. The molecule has 0 amide bonds. The number of aromatic nitrogens is 6. The van der Waals surface area contributed by atoms with Crippen LogP contribution in [0, 0.1) is 6.92 Å². The van der Waals surface area contributed by atoms with E-state index in [1.165, 1.54) is 0 Å². The summed E-state index contributed by atoms with van der Waals surface area (Å²) in [7, 11) is 0. The van der Waals surface area contributed by atoms with Gasteiger partial charge >= 0.3 is 0 Å². The number of H-pyrrole nitrogens is 1. The number of tetrazole rings is 1. The van der Waals surface area contributed by atoms with Crippen LogP contribution < -0.4 is 5.32 Å². The Labute approximate surface area is 196 Å². The van der Waals surface area contributed by atoms with Crippen LogP contribution in [0.3, 0.4) is 0 Å². The first kappa shape index (κ1) is 22.2. The molecule has 0 saturated carbocycles. The molecule has 1 atom stereocenters. The fraction of sp³-hybridized carbons (Fsp3) is 0.261. The van der Waals surface area contributed by atoms with E-state index in [2.05, 4.69) is 55.0 Å². The van der Waals surface area contributed by atoms with Gasteiger partial charge in [-0.05, 0) is 49.1 Å². The van der Waals surface area contributed by atoms with Crippen LogP contribution in [-0.4, -0.2) is 37.1 Å².